The van der Waals surface area contributed by atoms with Gasteiger partial charge in [0, 0.05) is 10.4 Å². The molecule has 1 fully saturated rings. The van der Waals surface area contributed by atoms with Crippen LogP contribution in [-0.4, -0.2) is 9.97 Å². The number of nitrogen functional groups attached to an aromatic ring is 1. The number of halogens is 3. The van der Waals surface area contributed by atoms with Gasteiger partial charge in [-0.05, 0) is 73.4 Å². The first-order valence-corrected chi connectivity index (χ1v) is 9.82. The molecule has 20 heavy (non-hydrogen) atoms. The Labute approximate surface area is 152 Å². The molecule has 0 saturated heterocycles. The van der Waals surface area contributed by atoms with Crippen LogP contribution >= 0.6 is 65.8 Å². The third-order valence-electron chi connectivity index (χ3n) is 3.51. The molecular formula is C13H12Br2IN3S. The van der Waals surface area contributed by atoms with Crippen LogP contribution in [0.3, 0.4) is 0 Å². The van der Waals surface area contributed by atoms with Gasteiger partial charge in [0.1, 0.15) is 5.82 Å². The van der Waals surface area contributed by atoms with Crippen LogP contribution in [0, 0.1) is 3.57 Å². The molecule has 0 aromatic carbocycles. The maximum atomic E-state index is 6.09. The van der Waals surface area contributed by atoms with Crippen LogP contribution < -0.4 is 5.73 Å². The first-order chi connectivity index (χ1) is 9.56. The lowest BCUT2D eigenvalue weighted by molar-refractivity contribution is 0.691. The molecule has 0 unspecified atom stereocenters. The molecule has 1 aliphatic rings. The van der Waals surface area contributed by atoms with Crippen molar-refractivity contribution in [2.75, 3.05) is 5.73 Å². The van der Waals surface area contributed by atoms with E-state index in [4.69, 9.17) is 10.7 Å². The smallest absolute Gasteiger partial charge is 0.172 e. The lowest BCUT2D eigenvalue weighted by atomic mass is 10.0. The van der Waals surface area contributed by atoms with Crippen molar-refractivity contribution in [3.05, 3.63) is 23.6 Å². The number of hydrogen-bond acceptors (Lipinski definition) is 4. The Balaban J connectivity index is 2.08. The highest BCUT2D eigenvalue weighted by atomic mass is 127. The minimum Gasteiger partial charge on any atom is -0.383 e. The van der Waals surface area contributed by atoms with Crippen molar-refractivity contribution in [3.63, 3.8) is 0 Å². The number of nitrogens with zero attached hydrogens (tertiary/aromatic N) is 2. The largest absolute Gasteiger partial charge is 0.383 e. The van der Waals surface area contributed by atoms with E-state index in [1.807, 2.05) is 6.07 Å². The second-order valence-corrected chi connectivity index (χ2v) is 9.15. The van der Waals surface area contributed by atoms with Gasteiger partial charge in [0.05, 0.1) is 17.9 Å². The fourth-order valence-electron chi connectivity index (χ4n) is 2.52. The fourth-order valence-corrected chi connectivity index (χ4v) is 5.17. The lowest BCUT2D eigenvalue weighted by Crippen LogP contribution is -2.07. The van der Waals surface area contributed by atoms with Crippen molar-refractivity contribution in [1.29, 1.82) is 0 Å². The van der Waals surface area contributed by atoms with Gasteiger partial charge < -0.3 is 5.73 Å². The highest BCUT2D eigenvalue weighted by Gasteiger charge is 2.24. The van der Waals surface area contributed by atoms with Gasteiger partial charge in [-0.1, -0.05) is 12.8 Å². The molecule has 2 aromatic rings. The average Bonchev–Trinajstić information content (AvgIpc) is 3.04. The Morgan fingerprint density at radius 1 is 1.25 bits per heavy atom. The zero-order valence-corrected chi connectivity index (χ0v) is 16.6. The van der Waals surface area contributed by atoms with E-state index in [1.165, 1.54) is 25.7 Å². The van der Waals surface area contributed by atoms with E-state index in [9.17, 15) is 0 Å². The maximum absolute atomic E-state index is 6.09. The van der Waals surface area contributed by atoms with E-state index in [2.05, 4.69) is 59.4 Å². The SMILES string of the molecule is Nc1nc(-c2cc(Br)c(Br)s2)nc(C2CCCC2)c1I. The number of thiophene rings is 1. The fraction of sp³-hybridized carbons (Fsp3) is 0.385. The van der Waals surface area contributed by atoms with Crippen LogP contribution in [0.25, 0.3) is 10.7 Å². The molecule has 2 heterocycles. The van der Waals surface area contributed by atoms with Crippen LogP contribution in [0.1, 0.15) is 37.3 Å². The van der Waals surface area contributed by atoms with Crippen molar-refractivity contribution in [1.82, 2.24) is 9.97 Å². The number of hydrogen-bond donors (Lipinski definition) is 1. The number of rotatable bonds is 2. The summed E-state index contributed by atoms with van der Waals surface area (Å²) in [6, 6.07) is 2.04. The summed E-state index contributed by atoms with van der Waals surface area (Å²) in [5.41, 5.74) is 7.22. The quantitative estimate of drug-likeness (QED) is 0.518. The van der Waals surface area contributed by atoms with Crippen molar-refractivity contribution < 1.29 is 0 Å². The molecule has 0 amide bonds. The van der Waals surface area contributed by atoms with Crippen LogP contribution in [0.4, 0.5) is 5.82 Å². The molecule has 106 valence electrons. The Morgan fingerprint density at radius 2 is 1.95 bits per heavy atom. The van der Waals surface area contributed by atoms with Crippen molar-refractivity contribution >= 4 is 71.6 Å². The molecule has 2 N–H and O–H groups in total. The first-order valence-electron chi connectivity index (χ1n) is 6.34. The molecule has 3 rings (SSSR count). The molecular weight excluding hydrogens is 517 g/mol. The van der Waals surface area contributed by atoms with Gasteiger partial charge in [-0.15, -0.1) is 11.3 Å². The normalized spacial score (nSPS) is 15.9. The lowest BCUT2D eigenvalue weighted by Gasteiger charge is -2.13. The van der Waals surface area contributed by atoms with Gasteiger partial charge >= 0.3 is 0 Å². The molecule has 0 bridgehead atoms. The van der Waals surface area contributed by atoms with E-state index >= 15 is 0 Å². The summed E-state index contributed by atoms with van der Waals surface area (Å²) in [5, 5.41) is 0. The zero-order valence-electron chi connectivity index (χ0n) is 10.5. The summed E-state index contributed by atoms with van der Waals surface area (Å²) in [5.74, 6) is 1.87. The van der Waals surface area contributed by atoms with E-state index in [1.54, 1.807) is 11.3 Å². The van der Waals surface area contributed by atoms with E-state index in [-0.39, 0.29) is 0 Å². The topological polar surface area (TPSA) is 51.8 Å². The summed E-state index contributed by atoms with van der Waals surface area (Å²) < 4.78 is 3.10. The predicted octanol–water partition coefficient (Wildman–Crippen LogP) is 5.57. The maximum Gasteiger partial charge on any atom is 0.172 e. The number of nitrogens with two attached hydrogens (primary N) is 1. The molecule has 0 radical (unpaired) electrons. The monoisotopic (exact) mass is 527 g/mol. The van der Waals surface area contributed by atoms with Gasteiger partial charge in [-0.2, -0.15) is 0 Å². The molecule has 7 heteroatoms. The van der Waals surface area contributed by atoms with Crippen LogP contribution in [0.5, 0.6) is 0 Å². The molecule has 0 atom stereocenters. The number of anilines is 1. The van der Waals surface area contributed by atoms with E-state index in [0.717, 1.165) is 28.2 Å². The second kappa shape index (κ2) is 6.18. The predicted molar refractivity (Wildman–Crippen MR) is 99.1 cm³/mol. The minimum atomic E-state index is 0.540. The summed E-state index contributed by atoms with van der Waals surface area (Å²) in [7, 11) is 0. The van der Waals surface area contributed by atoms with Gasteiger partial charge in [0.25, 0.3) is 0 Å². The first kappa shape index (κ1) is 15.2. The summed E-state index contributed by atoms with van der Waals surface area (Å²) >= 11 is 10.9. The van der Waals surface area contributed by atoms with Crippen LogP contribution in [0.15, 0.2) is 14.3 Å². The van der Waals surface area contributed by atoms with E-state index in [0.29, 0.717) is 11.7 Å². The molecule has 1 saturated carbocycles. The zero-order chi connectivity index (χ0) is 14.3. The van der Waals surface area contributed by atoms with Gasteiger partial charge in [-0.3, -0.25) is 0 Å². The Bertz CT molecular complexity index is 634. The minimum absolute atomic E-state index is 0.540. The third-order valence-corrected chi connectivity index (χ3v) is 7.87. The molecule has 3 nitrogen and oxygen atoms in total. The second-order valence-electron chi connectivity index (χ2n) is 4.85. The van der Waals surface area contributed by atoms with Gasteiger partial charge in [0.2, 0.25) is 0 Å². The highest BCUT2D eigenvalue weighted by molar-refractivity contribution is 14.1. The molecule has 1 aliphatic carbocycles. The van der Waals surface area contributed by atoms with Gasteiger partial charge in [0.15, 0.2) is 5.82 Å². The Morgan fingerprint density at radius 3 is 2.55 bits per heavy atom. The van der Waals surface area contributed by atoms with E-state index < -0.39 is 0 Å². The Kier molecular flexibility index (Phi) is 4.69. The van der Waals surface area contributed by atoms with Crippen LogP contribution in [0.2, 0.25) is 0 Å². The summed E-state index contributed by atoms with van der Waals surface area (Å²) in [6.45, 7) is 0. The Hall–Kier alpha value is 0.270. The van der Waals surface area contributed by atoms with Crippen molar-refractivity contribution in [3.8, 4) is 10.7 Å². The standard InChI is InChI=1S/C13H12Br2IN3S/c14-7-5-8(20-11(7)15)13-18-10(6-3-1-2-4-6)9(16)12(17)19-13/h5-6H,1-4H2,(H2,17,18,19). The third kappa shape index (κ3) is 2.91. The highest BCUT2D eigenvalue weighted by Crippen LogP contribution is 2.40. The molecule has 2 aromatic heterocycles. The average molecular weight is 529 g/mol. The molecule has 0 aliphatic heterocycles. The summed E-state index contributed by atoms with van der Waals surface area (Å²) in [6.07, 6.45) is 5.00. The summed E-state index contributed by atoms with van der Waals surface area (Å²) in [4.78, 5) is 10.3. The van der Waals surface area contributed by atoms with Crippen molar-refractivity contribution in [2.45, 2.75) is 31.6 Å². The van der Waals surface area contributed by atoms with Crippen LogP contribution in [-0.2, 0) is 0 Å². The molecule has 0 spiro atoms. The van der Waals surface area contributed by atoms with Gasteiger partial charge in [-0.25, -0.2) is 9.97 Å². The number of aromatic nitrogens is 2. The van der Waals surface area contributed by atoms with Crippen molar-refractivity contribution in [2.24, 2.45) is 0 Å².